The van der Waals surface area contributed by atoms with E-state index in [9.17, 15) is 9.18 Å². The van der Waals surface area contributed by atoms with Gasteiger partial charge in [0.15, 0.2) is 16.6 Å². The van der Waals surface area contributed by atoms with E-state index in [0.29, 0.717) is 40.3 Å². The molecule has 2 aromatic carbocycles. The van der Waals surface area contributed by atoms with E-state index in [4.69, 9.17) is 14.2 Å². The third-order valence-electron chi connectivity index (χ3n) is 6.12. The number of morpholine rings is 1. The van der Waals surface area contributed by atoms with Crippen LogP contribution in [0, 0.1) is 5.82 Å². The second-order valence-corrected chi connectivity index (χ2v) is 10.0. The number of aromatic nitrogens is 3. The van der Waals surface area contributed by atoms with Crippen molar-refractivity contribution in [1.82, 2.24) is 19.9 Å². The van der Waals surface area contributed by atoms with Crippen molar-refractivity contribution < 1.29 is 23.4 Å². The molecule has 10 nitrogen and oxygen atoms in total. The number of amides is 1. The van der Waals surface area contributed by atoms with Gasteiger partial charge in [0.25, 0.3) is 0 Å². The third kappa shape index (κ3) is 7.16. The van der Waals surface area contributed by atoms with Gasteiger partial charge in [-0.3, -0.25) is 9.69 Å². The molecule has 0 unspecified atom stereocenters. The minimum Gasteiger partial charge on any atom is -0.493 e. The van der Waals surface area contributed by atoms with Gasteiger partial charge in [0, 0.05) is 47.8 Å². The molecular formula is C27H29FN6O4S. The first kappa shape index (κ1) is 26.7. The zero-order valence-electron chi connectivity index (χ0n) is 21.5. The Balaban J connectivity index is 1.22. The van der Waals surface area contributed by atoms with Gasteiger partial charge in [-0.15, -0.1) is 11.3 Å². The Hall–Kier alpha value is -3.87. The van der Waals surface area contributed by atoms with Crippen molar-refractivity contribution in [3.05, 3.63) is 59.6 Å². The number of benzene rings is 2. The number of hydrogen-bond acceptors (Lipinski definition) is 10. The highest BCUT2D eigenvalue weighted by Crippen LogP contribution is 2.35. The van der Waals surface area contributed by atoms with Gasteiger partial charge in [-0.1, -0.05) is 6.07 Å². The summed E-state index contributed by atoms with van der Waals surface area (Å²) in [7, 11) is 1.60. The highest BCUT2D eigenvalue weighted by molar-refractivity contribution is 7.15. The van der Waals surface area contributed by atoms with E-state index >= 15 is 0 Å². The fourth-order valence-corrected chi connectivity index (χ4v) is 5.02. The Kier molecular flexibility index (Phi) is 8.76. The molecule has 1 amide bonds. The molecule has 39 heavy (non-hydrogen) atoms. The second-order valence-electron chi connectivity index (χ2n) is 8.89. The molecule has 3 heterocycles. The fraction of sp³-hybridized carbons (Fsp3) is 0.333. The summed E-state index contributed by atoms with van der Waals surface area (Å²) < 4.78 is 30.4. The lowest BCUT2D eigenvalue weighted by Gasteiger charge is -2.26. The average molecular weight is 553 g/mol. The Labute approximate surface area is 229 Å². The van der Waals surface area contributed by atoms with Crippen molar-refractivity contribution in [3.63, 3.8) is 0 Å². The standard InChI is InChI=1S/C27H29FN6O4S/c1-36-23-14-21-22(15-24(23)38-9-3-6-34-7-10-37-11-8-34)30-17-31-26(21)33-27-29-16-20(39-27)13-25(35)32-19-5-2-4-18(28)12-19/h2,4-5,12,14-17H,3,6-11,13H2,1H3,(H,32,35)(H,29,30,31,33). The SMILES string of the molecule is COc1cc2c(Nc3ncc(CC(=O)Nc4cccc(F)c4)s3)ncnc2cc1OCCCN1CCOCC1. The summed E-state index contributed by atoms with van der Waals surface area (Å²) >= 11 is 1.33. The molecule has 0 bridgehead atoms. The zero-order valence-corrected chi connectivity index (χ0v) is 22.3. The second kappa shape index (κ2) is 12.8. The van der Waals surface area contributed by atoms with Crippen molar-refractivity contribution in [3.8, 4) is 11.5 Å². The molecule has 5 rings (SSSR count). The molecule has 0 atom stereocenters. The smallest absolute Gasteiger partial charge is 0.229 e. The summed E-state index contributed by atoms with van der Waals surface area (Å²) in [5.41, 5.74) is 1.10. The van der Waals surface area contributed by atoms with Gasteiger partial charge in [0.05, 0.1) is 38.9 Å². The molecule has 1 saturated heterocycles. The maximum atomic E-state index is 13.4. The minimum absolute atomic E-state index is 0.112. The Morgan fingerprint density at radius 2 is 2.03 bits per heavy atom. The van der Waals surface area contributed by atoms with E-state index in [-0.39, 0.29) is 12.3 Å². The van der Waals surface area contributed by atoms with E-state index < -0.39 is 5.82 Å². The van der Waals surface area contributed by atoms with Crippen LogP contribution in [0.3, 0.4) is 0 Å². The van der Waals surface area contributed by atoms with Gasteiger partial charge >= 0.3 is 0 Å². The highest BCUT2D eigenvalue weighted by Gasteiger charge is 2.15. The molecule has 2 N–H and O–H groups in total. The van der Waals surface area contributed by atoms with Gasteiger partial charge in [-0.05, 0) is 30.7 Å². The molecule has 0 aliphatic carbocycles. The van der Waals surface area contributed by atoms with Gasteiger partial charge in [0.1, 0.15) is 18.0 Å². The molecule has 2 aromatic heterocycles. The Morgan fingerprint density at radius 1 is 1.15 bits per heavy atom. The summed E-state index contributed by atoms with van der Waals surface area (Å²) in [6.45, 7) is 4.98. The Bertz CT molecular complexity index is 1430. The predicted octanol–water partition coefficient (Wildman–Crippen LogP) is 4.26. The fourth-order valence-electron chi connectivity index (χ4n) is 4.21. The van der Waals surface area contributed by atoms with E-state index in [1.54, 1.807) is 25.4 Å². The maximum absolute atomic E-state index is 13.4. The lowest BCUT2D eigenvalue weighted by Crippen LogP contribution is -2.37. The van der Waals surface area contributed by atoms with Crippen LogP contribution in [0.15, 0.2) is 48.9 Å². The van der Waals surface area contributed by atoms with Crippen LogP contribution < -0.4 is 20.1 Å². The molecule has 1 fully saturated rings. The summed E-state index contributed by atoms with van der Waals surface area (Å²) in [4.78, 5) is 28.7. The van der Waals surface area contributed by atoms with Crippen molar-refractivity contribution >= 4 is 44.8 Å². The number of ether oxygens (including phenoxy) is 3. The van der Waals surface area contributed by atoms with Crippen molar-refractivity contribution in [2.24, 2.45) is 0 Å². The summed E-state index contributed by atoms with van der Waals surface area (Å²) in [6, 6.07) is 9.47. The van der Waals surface area contributed by atoms with Crippen LogP contribution in [0.4, 0.5) is 21.0 Å². The molecule has 204 valence electrons. The van der Waals surface area contributed by atoms with E-state index in [2.05, 4.69) is 30.5 Å². The average Bonchev–Trinajstić information content (AvgIpc) is 3.37. The van der Waals surface area contributed by atoms with Crippen molar-refractivity contribution in [2.75, 3.05) is 57.2 Å². The number of fused-ring (bicyclic) bond motifs is 1. The maximum Gasteiger partial charge on any atom is 0.229 e. The molecule has 1 aliphatic heterocycles. The lowest BCUT2D eigenvalue weighted by molar-refractivity contribution is -0.115. The number of carbonyl (C=O) groups is 1. The van der Waals surface area contributed by atoms with Gasteiger partial charge in [-0.2, -0.15) is 0 Å². The summed E-state index contributed by atoms with van der Waals surface area (Å²) in [6.07, 6.45) is 4.11. The van der Waals surface area contributed by atoms with Gasteiger partial charge in [0.2, 0.25) is 5.91 Å². The number of nitrogens with zero attached hydrogens (tertiary/aromatic N) is 4. The summed E-state index contributed by atoms with van der Waals surface area (Å²) in [5.74, 6) is 1.10. The van der Waals surface area contributed by atoms with Crippen LogP contribution >= 0.6 is 11.3 Å². The number of methoxy groups -OCH3 is 1. The third-order valence-corrected chi connectivity index (χ3v) is 7.04. The molecule has 0 radical (unpaired) electrons. The van der Waals surface area contributed by atoms with Crippen molar-refractivity contribution in [2.45, 2.75) is 12.8 Å². The molecular weight excluding hydrogens is 523 g/mol. The van der Waals surface area contributed by atoms with E-state index in [0.717, 1.165) is 49.5 Å². The zero-order chi connectivity index (χ0) is 27.0. The summed E-state index contributed by atoms with van der Waals surface area (Å²) in [5, 5.41) is 7.23. The molecule has 0 spiro atoms. The monoisotopic (exact) mass is 552 g/mol. The van der Waals surface area contributed by atoms with Crippen LogP contribution in [0.5, 0.6) is 11.5 Å². The Morgan fingerprint density at radius 3 is 2.85 bits per heavy atom. The quantitative estimate of drug-likeness (QED) is 0.264. The van der Waals surface area contributed by atoms with Crippen LogP contribution in [0.25, 0.3) is 10.9 Å². The highest BCUT2D eigenvalue weighted by atomic mass is 32.1. The number of carbonyl (C=O) groups excluding carboxylic acids is 1. The van der Waals surface area contributed by atoms with Crippen LogP contribution in [0.2, 0.25) is 0 Å². The van der Waals surface area contributed by atoms with E-state index in [1.165, 1.54) is 29.8 Å². The van der Waals surface area contributed by atoms with Gasteiger partial charge in [-0.25, -0.2) is 19.3 Å². The number of thiazole rings is 1. The van der Waals surface area contributed by atoms with E-state index in [1.807, 2.05) is 12.1 Å². The molecule has 4 aromatic rings. The number of hydrogen-bond donors (Lipinski definition) is 2. The van der Waals surface area contributed by atoms with Crippen molar-refractivity contribution in [1.29, 1.82) is 0 Å². The molecule has 0 saturated carbocycles. The van der Waals surface area contributed by atoms with Crippen LogP contribution in [-0.4, -0.2) is 72.3 Å². The predicted molar refractivity (Wildman–Crippen MR) is 148 cm³/mol. The van der Waals surface area contributed by atoms with Gasteiger partial charge < -0.3 is 24.8 Å². The number of nitrogens with one attached hydrogen (secondary N) is 2. The van der Waals surface area contributed by atoms with Crippen LogP contribution in [0.1, 0.15) is 11.3 Å². The minimum atomic E-state index is -0.409. The lowest BCUT2D eigenvalue weighted by atomic mass is 10.2. The van der Waals surface area contributed by atoms with Crippen LogP contribution in [-0.2, 0) is 16.0 Å². The molecule has 1 aliphatic rings. The first-order valence-corrected chi connectivity index (χ1v) is 13.4. The first-order chi connectivity index (χ1) is 19.1. The molecule has 12 heteroatoms. The first-order valence-electron chi connectivity index (χ1n) is 12.6. The number of halogens is 1. The number of anilines is 3. The number of rotatable bonds is 11. The largest absolute Gasteiger partial charge is 0.493 e. The normalized spacial score (nSPS) is 13.8. The topological polar surface area (TPSA) is 111 Å².